The normalized spacial score (nSPS) is 19.0. The van der Waals surface area contributed by atoms with Crippen molar-refractivity contribution in [2.24, 2.45) is 7.05 Å². The summed E-state index contributed by atoms with van der Waals surface area (Å²) in [6, 6.07) is 12.6. The standard InChI is InChI=1S/C24H26N6O/c1-16-14-30(15-17(2)31-16)22-10-21(12-25-13-22)28-24-9-19(6-7-26-24)18-4-5-23-20(8-18)11-27-29(23)3/h4-13,16-17H,14-15H2,1-3H3,(H,26,28)/t16-,17+. The Labute approximate surface area is 181 Å². The molecule has 7 nitrogen and oxygen atoms in total. The van der Waals surface area contributed by atoms with Crippen LogP contribution < -0.4 is 10.2 Å². The number of pyridine rings is 2. The Bertz CT molecular complexity index is 1210. The van der Waals surface area contributed by atoms with E-state index < -0.39 is 0 Å². The topological polar surface area (TPSA) is 68.1 Å². The van der Waals surface area contributed by atoms with Gasteiger partial charge in [0, 0.05) is 31.7 Å². The van der Waals surface area contributed by atoms with E-state index in [4.69, 9.17) is 4.74 Å². The average molecular weight is 415 g/mol. The molecule has 7 heteroatoms. The molecule has 4 heterocycles. The second-order valence-electron chi connectivity index (χ2n) is 8.19. The summed E-state index contributed by atoms with van der Waals surface area (Å²) >= 11 is 0. The Morgan fingerprint density at radius 3 is 2.61 bits per heavy atom. The molecule has 0 bridgehead atoms. The SMILES string of the molecule is C[C@@H]1CN(c2cncc(Nc3cc(-c4ccc5c(cnn5C)c4)ccn3)c2)C[C@H](C)O1. The van der Waals surface area contributed by atoms with Crippen molar-refractivity contribution in [1.82, 2.24) is 19.7 Å². The summed E-state index contributed by atoms with van der Waals surface area (Å²) in [4.78, 5) is 11.3. The zero-order chi connectivity index (χ0) is 21.4. The highest BCUT2D eigenvalue weighted by Crippen LogP contribution is 2.28. The van der Waals surface area contributed by atoms with E-state index >= 15 is 0 Å². The first-order valence-corrected chi connectivity index (χ1v) is 10.6. The van der Waals surface area contributed by atoms with E-state index in [2.05, 4.69) is 69.5 Å². The molecule has 0 spiro atoms. The van der Waals surface area contributed by atoms with Crippen LogP contribution in [-0.2, 0) is 11.8 Å². The van der Waals surface area contributed by atoms with E-state index in [-0.39, 0.29) is 12.2 Å². The molecule has 1 aliphatic rings. The molecule has 3 aromatic heterocycles. The number of nitrogens with one attached hydrogen (secondary N) is 1. The minimum Gasteiger partial charge on any atom is -0.372 e. The highest BCUT2D eigenvalue weighted by atomic mass is 16.5. The van der Waals surface area contributed by atoms with Crippen LogP contribution in [0.25, 0.3) is 22.0 Å². The quantitative estimate of drug-likeness (QED) is 0.534. The van der Waals surface area contributed by atoms with Crippen LogP contribution >= 0.6 is 0 Å². The van der Waals surface area contributed by atoms with Crippen molar-refractivity contribution in [3.63, 3.8) is 0 Å². The first kappa shape index (κ1) is 19.5. The molecule has 0 unspecified atom stereocenters. The van der Waals surface area contributed by atoms with Gasteiger partial charge >= 0.3 is 0 Å². The minimum atomic E-state index is 0.205. The van der Waals surface area contributed by atoms with Crippen LogP contribution in [0.4, 0.5) is 17.2 Å². The monoisotopic (exact) mass is 414 g/mol. The molecule has 158 valence electrons. The zero-order valence-corrected chi connectivity index (χ0v) is 18.0. The number of nitrogens with zero attached hydrogens (tertiary/aromatic N) is 5. The van der Waals surface area contributed by atoms with Crippen molar-refractivity contribution in [2.45, 2.75) is 26.1 Å². The summed E-state index contributed by atoms with van der Waals surface area (Å²) < 4.78 is 7.74. The Kier molecular flexibility index (Phi) is 5.03. The lowest BCUT2D eigenvalue weighted by Gasteiger charge is -2.36. The van der Waals surface area contributed by atoms with Crippen molar-refractivity contribution in [3.8, 4) is 11.1 Å². The Balaban J connectivity index is 1.38. The minimum absolute atomic E-state index is 0.205. The van der Waals surface area contributed by atoms with Crippen molar-refractivity contribution >= 4 is 28.1 Å². The lowest BCUT2D eigenvalue weighted by atomic mass is 10.1. The summed E-state index contributed by atoms with van der Waals surface area (Å²) in [6.45, 7) is 5.94. The number of morpholine rings is 1. The number of aromatic nitrogens is 4. The zero-order valence-electron chi connectivity index (χ0n) is 18.0. The van der Waals surface area contributed by atoms with Crippen LogP contribution in [0.3, 0.4) is 0 Å². The molecule has 1 aliphatic heterocycles. The number of fused-ring (bicyclic) bond motifs is 1. The highest BCUT2D eigenvalue weighted by molar-refractivity contribution is 5.85. The van der Waals surface area contributed by atoms with Crippen molar-refractivity contribution in [2.75, 3.05) is 23.3 Å². The molecule has 1 N–H and O–H groups in total. The van der Waals surface area contributed by atoms with Gasteiger partial charge in [0.25, 0.3) is 0 Å². The molecule has 1 saturated heterocycles. The molecular weight excluding hydrogens is 388 g/mol. The number of aryl methyl sites for hydroxylation is 1. The lowest BCUT2D eigenvalue weighted by Crippen LogP contribution is -2.45. The Morgan fingerprint density at radius 2 is 1.77 bits per heavy atom. The molecule has 31 heavy (non-hydrogen) atoms. The number of hydrogen-bond acceptors (Lipinski definition) is 6. The smallest absolute Gasteiger partial charge is 0.130 e. The molecule has 0 aliphatic carbocycles. The predicted octanol–water partition coefficient (Wildman–Crippen LogP) is 4.39. The third-order valence-electron chi connectivity index (χ3n) is 5.62. The van der Waals surface area contributed by atoms with Gasteiger partial charge in [-0.1, -0.05) is 6.07 Å². The van der Waals surface area contributed by atoms with Gasteiger partial charge in [0.1, 0.15) is 5.82 Å². The van der Waals surface area contributed by atoms with Crippen LogP contribution in [0.2, 0.25) is 0 Å². The second-order valence-corrected chi connectivity index (χ2v) is 8.19. The average Bonchev–Trinajstić information content (AvgIpc) is 3.14. The van der Waals surface area contributed by atoms with Crippen LogP contribution in [0.5, 0.6) is 0 Å². The molecule has 0 amide bonds. The van der Waals surface area contributed by atoms with E-state index in [1.165, 1.54) is 0 Å². The van der Waals surface area contributed by atoms with Gasteiger partial charge in [-0.3, -0.25) is 9.67 Å². The van der Waals surface area contributed by atoms with Crippen molar-refractivity contribution in [3.05, 3.63) is 61.2 Å². The Morgan fingerprint density at radius 1 is 0.968 bits per heavy atom. The molecule has 1 aromatic carbocycles. The van der Waals surface area contributed by atoms with Crippen molar-refractivity contribution < 1.29 is 4.74 Å². The molecule has 2 atom stereocenters. The number of ether oxygens (including phenoxy) is 1. The third kappa shape index (κ3) is 4.09. The van der Waals surface area contributed by atoms with Gasteiger partial charge in [-0.05, 0) is 55.3 Å². The number of rotatable bonds is 4. The van der Waals surface area contributed by atoms with E-state index in [9.17, 15) is 0 Å². The fourth-order valence-electron chi connectivity index (χ4n) is 4.23. The van der Waals surface area contributed by atoms with Crippen molar-refractivity contribution in [1.29, 1.82) is 0 Å². The van der Waals surface area contributed by atoms with Crippen LogP contribution in [-0.4, -0.2) is 45.0 Å². The second kappa shape index (κ2) is 8.00. The maximum Gasteiger partial charge on any atom is 0.130 e. The molecule has 0 saturated carbocycles. The summed E-state index contributed by atoms with van der Waals surface area (Å²) in [5.41, 5.74) is 5.35. The molecule has 0 radical (unpaired) electrons. The summed E-state index contributed by atoms with van der Waals surface area (Å²) in [5.74, 6) is 0.784. The highest BCUT2D eigenvalue weighted by Gasteiger charge is 2.22. The van der Waals surface area contributed by atoms with E-state index in [1.54, 1.807) is 0 Å². The van der Waals surface area contributed by atoms with Gasteiger partial charge in [0.15, 0.2) is 0 Å². The summed E-state index contributed by atoms with van der Waals surface area (Å²) in [7, 11) is 1.96. The third-order valence-corrected chi connectivity index (χ3v) is 5.62. The molecule has 4 aromatic rings. The molecule has 5 rings (SSSR count). The predicted molar refractivity (Wildman–Crippen MR) is 124 cm³/mol. The number of hydrogen-bond donors (Lipinski definition) is 1. The van der Waals surface area contributed by atoms with Gasteiger partial charge in [0.05, 0.1) is 47.7 Å². The van der Waals surface area contributed by atoms with Crippen LogP contribution in [0.15, 0.2) is 61.2 Å². The van der Waals surface area contributed by atoms with Gasteiger partial charge in [0.2, 0.25) is 0 Å². The summed E-state index contributed by atoms with van der Waals surface area (Å²) in [5, 5.41) is 8.86. The van der Waals surface area contributed by atoms with E-state index in [0.29, 0.717) is 0 Å². The first-order valence-electron chi connectivity index (χ1n) is 10.6. The number of benzene rings is 1. The maximum atomic E-state index is 5.85. The van der Waals surface area contributed by atoms with Crippen LogP contribution in [0.1, 0.15) is 13.8 Å². The fourth-order valence-corrected chi connectivity index (χ4v) is 4.23. The Hall–Kier alpha value is -3.45. The lowest BCUT2D eigenvalue weighted by molar-refractivity contribution is -0.00523. The van der Waals surface area contributed by atoms with Gasteiger partial charge in [-0.15, -0.1) is 0 Å². The molecule has 1 fully saturated rings. The van der Waals surface area contributed by atoms with Gasteiger partial charge in [-0.2, -0.15) is 5.10 Å². The molecular formula is C24H26N6O. The van der Waals surface area contributed by atoms with Crippen LogP contribution in [0, 0.1) is 0 Å². The summed E-state index contributed by atoms with van der Waals surface area (Å²) in [6.07, 6.45) is 7.86. The van der Waals surface area contributed by atoms with E-state index in [1.807, 2.05) is 42.6 Å². The first-order chi connectivity index (χ1) is 15.0. The fraction of sp³-hybridized carbons (Fsp3) is 0.292. The number of anilines is 3. The van der Waals surface area contributed by atoms with E-state index in [0.717, 1.165) is 52.3 Å². The van der Waals surface area contributed by atoms with Gasteiger partial charge < -0.3 is 15.0 Å². The largest absolute Gasteiger partial charge is 0.372 e. The van der Waals surface area contributed by atoms with Gasteiger partial charge in [-0.25, -0.2) is 4.98 Å². The maximum absolute atomic E-state index is 5.85.